The van der Waals surface area contributed by atoms with Gasteiger partial charge in [-0.05, 0) is 18.4 Å². The van der Waals surface area contributed by atoms with Crippen LogP contribution in [0.25, 0.3) is 0 Å². The number of nitriles is 1. The summed E-state index contributed by atoms with van der Waals surface area (Å²) in [6.07, 6.45) is 0.873. The zero-order valence-corrected chi connectivity index (χ0v) is 11.1. The molecule has 3 N–H and O–H groups in total. The molecule has 0 saturated carbocycles. The third-order valence-electron chi connectivity index (χ3n) is 2.73. The number of nitro groups is 1. The van der Waals surface area contributed by atoms with Crippen molar-refractivity contribution in [2.45, 2.75) is 26.3 Å². The number of hydrogen-bond acceptors (Lipinski definition) is 5. The maximum Gasteiger partial charge on any atom is 0.270 e. The lowest BCUT2D eigenvalue weighted by Crippen LogP contribution is -2.30. The molecule has 0 aromatic heterocycles. The summed E-state index contributed by atoms with van der Waals surface area (Å²) in [5.41, 5.74) is 6.44. The molecule has 1 unspecified atom stereocenters. The average Bonchev–Trinajstić information content (AvgIpc) is 2.37. The van der Waals surface area contributed by atoms with Crippen molar-refractivity contribution < 1.29 is 4.92 Å². The number of nitrogens with zero attached hydrogens (tertiary/aromatic N) is 2. The fourth-order valence-electron chi connectivity index (χ4n) is 1.87. The van der Waals surface area contributed by atoms with Crippen LogP contribution < -0.4 is 11.1 Å². The van der Waals surface area contributed by atoms with Crippen LogP contribution in [0.15, 0.2) is 18.2 Å². The Morgan fingerprint density at radius 2 is 2.21 bits per heavy atom. The molecule has 1 aromatic carbocycles. The second-order valence-electron chi connectivity index (χ2n) is 4.81. The summed E-state index contributed by atoms with van der Waals surface area (Å²) in [4.78, 5) is 10.1. The van der Waals surface area contributed by atoms with E-state index in [0.717, 1.165) is 6.42 Å². The lowest BCUT2D eigenvalue weighted by atomic mass is 10.0. The Balaban J connectivity index is 2.94. The second kappa shape index (κ2) is 6.71. The van der Waals surface area contributed by atoms with Crippen LogP contribution in [0.3, 0.4) is 0 Å². The van der Waals surface area contributed by atoms with Crippen LogP contribution >= 0.6 is 0 Å². The van der Waals surface area contributed by atoms with Gasteiger partial charge in [0.1, 0.15) is 6.07 Å². The molecule has 0 amide bonds. The van der Waals surface area contributed by atoms with E-state index >= 15 is 0 Å². The molecule has 0 aliphatic heterocycles. The summed E-state index contributed by atoms with van der Waals surface area (Å²) >= 11 is 0. The van der Waals surface area contributed by atoms with E-state index in [1.165, 1.54) is 12.1 Å². The Kier molecular flexibility index (Phi) is 5.27. The number of rotatable bonds is 6. The van der Waals surface area contributed by atoms with E-state index in [2.05, 4.69) is 19.2 Å². The van der Waals surface area contributed by atoms with Gasteiger partial charge in [0, 0.05) is 24.7 Å². The highest BCUT2D eigenvalue weighted by atomic mass is 16.6. The molecule has 0 heterocycles. The summed E-state index contributed by atoms with van der Waals surface area (Å²) in [7, 11) is 0. The van der Waals surface area contributed by atoms with Crippen molar-refractivity contribution in [2.24, 2.45) is 11.7 Å². The van der Waals surface area contributed by atoms with Gasteiger partial charge in [-0.25, -0.2) is 0 Å². The van der Waals surface area contributed by atoms with E-state index in [4.69, 9.17) is 11.0 Å². The molecule has 1 aromatic rings. The molecule has 0 saturated heterocycles. The topological polar surface area (TPSA) is 105 Å². The van der Waals surface area contributed by atoms with Gasteiger partial charge < -0.3 is 11.1 Å². The third kappa shape index (κ3) is 4.23. The molecule has 6 heteroatoms. The minimum atomic E-state index is -0.515. The van der Waals surface area contributed by atoms with Crippen LogP contribution in [-0.4, -0.2) is 17.5 Å². The lowest BCUT2D eigenvalue weighted by molar-refractivity contribution is -0.384. The molecular formula is C13H18N4O2. The van der Waals surface area contributed by atoms with Crippen LogP contribution in [0.1, 0.15) is 25.8 Å². The molecule has 0 radical (unpaired) electrons. The van der Waals surface area contributed by atoms with Gasteiger partial charge in [-0.1, -0.05) is 13.8 Å². The normalized spacial score (nSPS) is 11.9. The third-order valence-corrected chi connectivity index (χ3v) is 2.73. The van der Waals surface area contributed by atoms with Gasteiger partial charge in [0.2, 0.25) is 0 Å². The van der Waals surface area contributed by atoms with Gasteiger partial charge in [-0.3, -0.25) is 10.1 Å². The lowest BCUT2D eigenvalue weighted by Gasteiger charge is -2.20. The SMILES string of the molecule is CC(C)CC(CN)Nc1ccc([N+](=O)[O-])cc1C#N. The first-order chi connectivity index (χ1) is 8.97. The van der Waals surface area contributed by atoms with E-state index < -0.39 is 4.92 Å². The monoisotopic (exact) mass is 262 g/mol. The van der Waals surface area contributed by atoms with E-state index in [1.54, 1.807) is 6.07 Å². The van der Waals surface area contributed by atoms with Gasteiger partial charge in [-0.15, -0.1) is 0 Å². The fraction of sp³-hybridized carbons (Fsp3) is 0.462. The maximum absolute atomic E-state index is 10.7. The smallest absolute Gasteiger partial charge is 0.270 e. The number of nitro benzene ring substituents is 1. The standard InChI is InChI=1S/C13H18N4O2/c1-9(2)5-11(8-15)16-13-4-3-12(17(18)19)6-10(13)7-14/h3-4,6,9,11,16H,5,8,15H2,1-2H3. The van der Waals surface area contributed by atoms with Gasteiger partial charge in [0.25, 0.3) is 5.69 Å². The van der Waals surface area contributed by atoms with Crippen LogP contribution in [-0.2, 0) is 0 Å². The predicted molar refractivity (Wildman–Crippen MR) is 73.7 cm³/mol. The quantitative estimate of drug-likeness (QED) is 0.604. The van der Waals surface area contributed by atoms with Gasteiger partial charge in [0.05, 0.1) is 16.2 Å². The highest BCUT2D eigenvalue weighted by molar-refractivity contribution is 5.61. The molecule has 19 heavy (non-hydrogen) atoms. The second-order valence-corrected chi connectivity index (χ2v) is 4.81. The van der Waals surface area contributed by atoms with Crippen molar-refractivity contribution in [3.63, 3.8) is 0 Å². The Hall–Kier alpha value is -2.13. The molecule has 0 aliphatic carbocycles. The Morgan fingerprint density at radius 1 is 1.53 bits per heavy atom. The fourth-order valence-corrected chi connectivity index (χ4v) is 1.87. The molecule has 102 valence electrons. The summed E-state index contributed by atoms with van der Waals surface area (Å²) in [5.74, 6) is 0.477. The number of anilines is 1. The first-order valence-corrected chi connectivity index (χ1v) is 6.13. The highest BCUT2D eigenvalue weighted by Gasteiger charge is 2.14. The van der Waals surface area contributed by atoms with E-state index in [1.807, 2.05) is 6.07 Å². The highest BCUT2D eigenvalue weighted by Crippen LogP contribution is 2.22. The summed E-state index contributed by atoms with van der Waals surface area (Å²) in [6.45, 7) is 4.62. The van der Waals surface area contributed by atoms with Crippen molar-refractivity contribution in [1.29, 1.82) is 5.26 Å². The minimum Gasteiger partial charge on any atom is -0.380 e. The molecule has 0 spiro atoms. The number of benzene rings is 1. The van der Waals surface area contributed by atoms with Gasteiger partial charge in [0.15, 0.2) is 0 Å². The van der Waals surface area contributed by atoms with E-state index in [-0.39, 0.29) is 17.3 Å². The van der Waals surface area contributed by atoms with Crippen LogP contribution in [0.5, 0.6) is 0 Å². The summed E-state index contributed by atoms with van der Waals surface area (Å²) < 4.78 is 0. The largest absolute Gasteiger partial charge is 0.380 e. The van der Waals surface area contributed by atoms with Crippen LogP contribution in [0, 0.1) is 27.4 Å². The number of non-ortho nitro benzene ring substituents is 1. The van der Waals surface area contributed by atoms with Crippen molar-refractivity contribution in [1.82, 2.24) is 0 Å². The minimum absolute atomic E-state index is 0.0496. The Bertz CT molecular complexity index is 494. The van der Waals surface area contributed by atoms with Gasteiger partial charge >= 0.3 is 0 Å². The van der Waals surface area contributed by atoms with Gasteiger partial charge in [-0.2, -0.15) is 5.26 Å². The molecule has 6 nitrogen and oxygen atoms in total. The number of hydrogen-bond donors (Lipinski definition) is 2. The molecular weight excluding hydrogens is 244 g/mol. The van der Waals surface area contributed by atoms with E-state index in [9.17, 15) is 10.1 Å². The number of nitrogens with two attached hydrogens (primary N) is 1. The molecule has 0 aliphatic rings. The van der Waals surface area contributed by atoms with Crippen molar-refractivity contribution >= 4 is 11.4 Å². The first-order valence-electron chi connectivity index (χ1n) is 6.13. The zero-order valence-electron chi connectivity index (χ0n) is 11.1. The van der Waals surface area contributed by atoms with E-state index in [0.29, 0.717) is 18.2 Å². The van der Waals surface area contributed by atoms with Crippen LogP contribution in [0.4, 0.5) is 11.4 Å². The first kappa shape index (κ1) is 14.9. The average molecular weight is 262 g/mol. The molecule has 0 fully saturated rings. The predicted octanol–water partition coefficient (Wildman–Crippen LogP) is 2.25. The molecule has 0 bridgehead atoms. The van der Waals surface area contributed by atoms with Crippen molar-refractivity contribution in [3.05, 3.63) is 33.9 Å². The Morgan fingerprint density at radius 3 is 2.68 bits per heavy atom. The molecule has 1 rings (SSSR count). The zero-order chi connectivity index (χ0) is 14.4. The molecule has 1 atom stereocenters. The van der Waals surface area contributed by atoms with Crippen molar-refractivity contribution in [3.8, 4) is 6.07 Å². The summed E-state index contributed by atoms with van der Waals surface area (Å²) in [6, 6.07) is 6.22. The summed E-state index contributed by atoms with van der Waals surface area (Å²) in [5, 5.41) is 22.9. The number of nitrogens with one attached hydrogen (secondary N) is 1. The maximum atomic E-state index is 10.7. The van der Waals surface area contributed by atoms with Crippen molar-refractivity contribution in [2.75, 3.05) is 11.9 Å². The Labute approximate surface area is 112 Å². The van der Waals surface area contributed by atoms with Crippen LogP contribution in [0.2, 0.25) is 0 Å².